The van der Waals surface area contributed by atoms with Crippen LogP contribution in [0.2, 0.25) is 0 Å². The topological polar surface area (TPSA) is 9.23 Å². The summed E-state index contributed by atoms with van der Waals surface area (Å²) in [5.41, 5.74) is 0. The molecule has 0 saturated heterocycles. The Balaban J connectivity index is 5.25. The molecule has 0 aromatic heterocycles. The van der Waals surface area contributed by atoms with Gasteiger partial charge in [-0.15, -0.1) is 0 Å². The predicted molar refractivity (Wildman–Crippen MR) is 36.6 cm³/mol. The van der Waals surface area contributed by atoms with Crippen molar-refractivity contribution < 1.29 is 44.3 Å². The van der Waals surface area contributed by atoms with Crippen LogP contribution >= 0.6 is 0 Å². The SMILES string of the molecule is CCC(F)(F)C(F)(F)C(F)(F)OC(F)=C(F)F. The maximum absolute atomic E-state index is 12.5. The van der Waals surface area contributed by atoms with Crippen molar-refractivity contribution in [2.75, 3.05) is 0 Å². The van der Waals surface area contributed by atoms with Crippen molar-refractivity contribution >= 4 is 0 Å². The summed E-state index contributed by atoms with van der Waals surface area (Å²) >= 11 is 0. The Morgan fingerprint density at radius 2 is 1.35 bits per heavy atom. The van der Waals surface area contributed by atoms with E-state index >= 15 is 0 Å². The zero-order chi connectivity index (χ0) is 14.1. The van der Waals surface area contributed by atoms with Crippen molar-refractivity contribution in [2.24, 2.45) is 0 Å². The smallest absolute Gasteiger partial charge is 0.397 e. The highest BCUT2D eigenvalue weighted by Gasteiger charge is 2.73. The first-order valence-corrected chi connectivity index (χ1v) is 3.92. The van der Waals surface area contributed by atoms with E-state index in [4.69, 9.17) is 0 Å². The third-order valence-corrected chi connectivity index (χ3v) is 1.64. The molecule has 0 heterocycles. The van der Waals surface area contributed by atoms with E-state index in [0.29, 0.717) is 6.92 Å². The molecule has 0 fully saturated rings. The minimum atomic E-state index is -6.14. The fourth-order valence-corrected chi connectivity index (χ4v) is 0.650. The Hall–Kier alpha value is -1.09. The number of alkyl halides is 6. The van der Waals surface area contributed by atoms with Crippen molar-refractivity contribution in [1.82, 2.24) is 0 Å². The van der Waals surface area contributed by atoms with Crippen LogP contribution in [-0.4, -0.2) is 18.0 Å². The Kier molecular flexibility index (Phi) is 4.35. The van der Waals surface area contributed by atoms with Crippen LogP contribution in [-0.2, 0) is 4.74 Å². The predicted octanol–water partition coefficient (Wildman–Crippen LogP) is 4.31. The van der Waals surface area contributed by atoms with E-state index in [1.165, 1.54) is 0 Å². The Morgan fingerprint density at radius 1 is 0.941 bits per heavy atom. The second-order valence-corrected chi connectivity index (χ2v) is 2.79. The van der Waals surface area contributed by atoms with Gasteiger partial charge in [0.25, 0.3) is 0 Å². The average Bonchev–Trinajstić information content (AvgIpc) is 2.16. The minimum absolute atomic E-state index is 0.450. The Morgan fingerprint density at radius 3 is 1.65 bits per heavy atom. The Labute approximate surface area is 88.8 Å². The summed E-state index contributed by atoms with van der Waals surface area (Å²) in [6.07, 6.45) is -11.3. The van der Waals surface area contributed by atoms with Crippen molar-refractivity contribution in [1.29, 1.82) is 0 Å². The first-order chi connectivity index (χ1) is 7.39. The molecule has 0 aromatic carbocycles. The quantitative estimate of drug-likeness (QED) is 0.537. The van der Waals surface area contributed by atoms with E-state index in [0.717, 1.165) is 0 Å². The maximum atomic E-state index is 12.5. The van der Waals surface area contributed by atoms with E-state index < -0.39 is 36.5 Å². The molecule has 0 spiro atoms. The molecule has 102 valence electrons. The lowest BCUT2D eigenvalue weighted by atomic mass is 10.1. The molecule has 1 nitrogen and oxygen atoms in total. The number of halogens is 9. The summed E-state index contributed by atoms with van der Waals surface area (Å²) in [6.45, 7) is 0.450. The second kappa shape index (κ2) is 4.65. The molecule has 0 aliphatic carbocycles. The summed E-state index contributed by atoms with van der Waals surface area (Å²) in [6, 6.07) is -3.35. The lowest BCUT2D eigenvalue weighted by molar-refractivity contribution is -0.393. The fourth-order valence-electron chi connectivity index (χ4n) is 0.650. The van der Waals surface area contributed by atoms with Crippen LogP contribution in [0.1, 0.15) is 13.3 Å². The van der Waals surface area contributed by atoms with Crippen LogP contribution in [0, 0.1) is 0 Å². The highest BCUT2D eigenvalue weighted by Crippen LogP contribution is 2.48. The van der Waals surface area contributed by atoms with Crippen LogP contribution in [0.5, 0.6) is 0 Å². The molecule has 0 N–H and O–H groups in total. The standard InChI is InChI=1S/C7H5F9O/c1-2-5(11,12)6(13,14)7(15,16)17-4(10)3(8)9/h2H2,1H3. The molecule has 0 aliphatic rings. The van der Waals surface area contributed by atoms with Crippen molar-refractivity contribution in [3.63, 3.8) is 0 Å². The summed E-state index contributed by atoms with van der Waals surface area (Å²) in [5.74, 6) is -11.4. The molecule has 10 heteroatoms. The molecular formula is C7H5F9O. The zero-order valence-electron chi connectivity index (χ0n) is 8.02. The van der Waals surface area contributed by atoms with E-state index in [2.05, 4.69) is 4.74 Å². The third kappa shape index (κ3) is 2.97. The summed E-state index contributed by atoms with van der Waals surface area (Å²) in [5, 5.41) is 0. The van der Waals surface area contributed by atoms with E-state index in [-0.39, 0.29) is 0 Å². The highest BCUT2D eigenvalue weighted by atomic mass is 19.4. The van der Waals surface area contributed by atoms with Gasteiger partial charge in [0.15, 0.2) is 0 Å². The number of rotatable bonds is 5. The van der Waals surface area contributed by atoms with E-state index in [1.807, 2.05) is 0 Å². The van der Waals surface area contributed by atoms with Gasteiger partial charge >= 0.3 is 30.0 Å². The van der Waals surface area contributed by atoms with Gasteiger partial charge in [0.2, 0.25) is 0 Å². The summed E-state index contributed by atoms with van der Waals surface area (Å²) in [4.78, 5) is 0. The molecule has 0 aliphatic heterocycles. The molecule has 0 bridgehead atoms. The molecule has 0 radical (unpaired) electrons. The molecule has 0 saturated carbocycles. The molecule has 17 heavy (non-hydrogen) atoms. The summed E-state index contributed by atoms with van der Waals surface area (Å²) < 4.78 is 112. The molecule has 0 unspecified atom stereocenters. The van der Waals surface area contributed by atoms with Crippen LogP contribution in [0.15, 0.2) is 12.1 Å². The Bertz CT molecular complexity index is 304. The maximum Gasteiger partial charge on any atom is 0.472 e. The summed E-state index contributed by atoms with van der Waals surface area (Å²) in [7, 11) is 0. The molecular weight excluding hydrogens is 271 g/mol. The first-order valence-electron chi connectivity index (χ1n) is 3.92. The minimum Gasteiger partial charge on any atom is -0.397 e. The second-order valence-electron chi connectivity index (χ2n) is 2.79. The molecule has 0 rings (SSSR count). The number of hydrogen-bond donors (Lipinski definition) is 0. The monoisotopic (exact) mass is 276 g/mol. The largest absolute Gasteiger partial charge is 0.472 e. The number of ether oxygens (including phenoxy) is 1. The van der Waals surface area contributed by atoms with Crippen molar-refractivity contribution in [3.8, 4) is 0 Å². The van der Waals surface area contributed by atoms with Gasteiger partial charge in [-0.05, 0) is 0 Å². The lowest BCUT2D eigenvalue weighted by Gasteiger charge is -2.30. The molecule has 0 aromatic rings. The van der Waals surface area contributed by atoms with E-state index in [1.54, 1.807) is 0 Å². The van der Waals surface area contributed by atoms with Crippen molar-refractivity contribution in [2.45, 2.75) is 31.3 Å². The van der Waals surface area contributed by atoms with Gasteiger partial charge in [-0.1, -0.05) is 6.92 Å². The average molecular weight is 276 g/mol. The molecule has 0 atom stereocenters. The van der Waals surface area contributed by atoms with Crippen LogP contribution in [0.4, 0.5) is 39.5 Å². The van der Waals surface area contributed by atoms with Crippen molar-refractivity contribution in [3.05, 3.63) is 12.1 Å². The van der Waals surface area contributed by atoms with E-state index in [9.17, 15) is 39.5 Å². The molecule has 0 amide bonds. The lowest BCUT2D eigenvalue weighted by Crippen LogP contribution is -2.54. The van der Waals surface area contributed by atoms with Gasteiger partial charge in [-0.25, -0.2) is 0 Å². The number of hydrogen-bond acceptors (Lipinski definition) is 1. The highest BCUT2D eigenvalue weighted by molar-refractivity contribution is 4.94. The normalized spacial score (nSPS) is 13.5. The van der Waals surface area contributed by atoms with Gasteiger partial charge in [0, 0.05) is 6.42 Å². The fraction of sp³-hybridized carbons (Fsp3) is 0.714. The zero-order valence-corrected chi connectivity index (χ0v) is 8.02. The third-order valence-electron chi connectivity index (χ3n) is 1.64. The van der Waals surface area contributed by atoms with Gasteiger partial charge in [-0.2, -0.15) is 39.5 Å². The van der Waals surface area contributed by atoms with Gasteiger partial charge < -0.3 is 4.74 Å². The van der Waals surface area contributed by atoms with Crippen LogP contribution in [0.3, 0.4) is 0 Å². The van der Waals surface area contributed by atoms with Crippen LogP contribution in [0.25, 0.3) is 0 Å². The van der Waals surface area contributed by atoms with Crippen LogP contribution < -0.4 is 0 Å². The van der Waals surface area contributed by atoms with Gasteiger partial charge in [0.1, 0.15) is 0 Å². The first kappa shape index (κ1) is 15.9. The van der Waals surface area contributed by atoms with Gasteiger partial charge in [-0.3, -0.25) is 0 Å². The van der Waals surface area contributed by atoms with Gasteiger partial charge in [0.05, 0.1) is 0 Å².